The molecule has 1 aromatic carbocycles. The first kappa shape index (κ1) is 15.5. The van der Waals surface area contributed by atoms with Crippen molar-refractivity contribution in [1.29, 1.82) is 0 Å². The van der Waals surface area contributed by atoms with Crippen LogP contribution in [-0.2, 0) is 6.54 Å². The Morgan fingerprint density at radius 3 is 2.70 bits per heavy atom. The fraction of sp³-hybridized carbons (Fsp3) is 0.333. The minimum Gasteiger partial charge on any atom is -0.331 e. The van der Waals surface area contributed by atoms with Crippen LogP contribution in [0.1, 0.15) is 44.2 Å². The number of benzene rings is 1. The minimum absolute atomic E-state index is 0.239. The second-order valence-electron chi connectivity index (χ2n) is 5.99. The van der Waals surface area contributed by atoms with Crippen LogP contribution in [-0.4, -0.2) is 19.3 Å². The molecule has 0 unspecified atom stereocenters. The third kappa shape index (κ3) is 3.51. The van der Waals surface area contributed by atoms with Crippen LogP contribution in [0.2, 0.25) is 0 Å². The zero-order chi connectivity index (χ0) is 16.2. The van der Waals surface area contributed by atoms with E-state index in [0.29, 0.717) is 6.04 Å². The topological polar surface area (TPSA) is 47.7 Å². The van der Waals surface area contributed by atoms with E-state index in [1.807, 2.05) is 29.3 Å². The molecule has 0 aliphatic heterocycles. The van der Waals surface area contributed by atoms with E-state index in [0.717, 1.165) is 18.1 Å². The van der Waals surface area contributed by atoms with Crippen LogP contribution in [0.3, 0.4) is 0 Å². The zero-order valence-corrected chi connectivity index (χ0v) is 13.8. The van der Waals surface area contributed by atoms with Gasteiger partial charge in [-0.15, -0.1) is 0 Å². The monoisotopic (exact) mass is 309 g/mol. The highest BCUT2D eigenvalue weighted by Crippen LogP contribution is 2.17. The van der Waals surface area contributed by atoms with Gasteiger partial charge >= 0.3 is 0 Å². The summed E-state index contributed by atoms with van der Waals surface area (Å²) in [5.74, 6) is 1.06. The van der Waals surface area contributed by atoms with Gasteiger partial charge in [-0.2, -0.15) is 5.10 Å². The van der Waals surface area contributed by atoms with Crippen molar-refractivity contribution in [3.63, 3.8) is 0 Å². The Hall–Kier alpha value is -2.40. The van der Waals surface area contributed by atoms with Crippen molar-refractivity contribution < 1.29 is 0 Å². The number of hydrogen-bond acceptors (Lipinski definition) is 3. The molecule has 0 fully saturated rings. The lowest BCUT2D eigenvalue weighted by Crippen LogP contribution is -2.21. The van der Waals surface area contributed by atoms with Crippen molar-refractivity contribution in [3.8, 4) is 5.69 Å². The van der Waals surface area contributed by atoms with Crippen molar-refractivity contribution in [1.82, 2.24) is 24.6 Å². The summed E-state index contributed by atoms with van der Waals surface area (Å²) in [5, 5.41) is 7.84. The highest BCUT2D eigenvalue weighted by molar-refractivity contribution is 5.36. The number of rotatable bonds is 6. The molecule has 2 heterocycles. The fourth-order valence-corrected chi connectivity index (χ4v) is 2.67. The standard InChI is InChI=1S/C18H23N5/c1-14(2)22-11-9-19-18(22)13-20-15(3)16-6-4-7-17(12-16)23-10-5-8-21-23/h4-12,14-15,20H,13H2,1-3H3/t15-/m1/s1. The lowest BCUT2D eigenvalue weighted by molar-refractivity contribution is 0.509. The first-order valence-electron chi connectivity index (χ1n) is 8.00. The first-order chi connectivity index (χ1) is 11.1. The molecular weight excluding hydrogens is 286 g/mol. The molecule has 23 heavy (non-hydrogen) atoms. The fourth-order valence-electron chi connectivity index (χ4n) is 2.67. The van der Waals surface area contributed by atoms with Crippen LogP contribution in [0, 0.1) is 0 Å². The van der Waals surface area contributed by atoms with Crippen molar-refractivity contribution in [3.05, 3.63) is 66.5 Å². The van der Waals surface area contributed by atoms with Gasteiger partial charge in [0.2, 0.25) is 0 Å². The molecule has 0 aliphatic rings. The zero-order valence-electron chi connectivity index (χ0n) is 13.8. The maximum atomic E-state index is 4.45. The van der Waals surface area contributed by atoms with Crippen LogP contribution < -0.4 is 5.32 Å². The largest absolute Gasteiger partial charge is 0.331 e. The van der Waals surface area contributed by atoms with E-state index >= 15 is 0 Å². The highest BCUT2D eigenvalue weighted by atomic mass is 15.3. The Kier molecular flexibility index (Phi) is 4.57. The summed E-state index contributed by atoms with van der Waals surface area (Å²) < 4.78 is 4.07. The van der Waals surface area contributed by atoms with Gasteiger partial charge in [0.1, 0.15) is 5.82 Å². The van der Waals surface area contributed by atoms with Gasteiger partial charge in [-0.3, -0.25) is 0 Å². The van der Waals surface area contributed by atoms with E-state index in [4.69, 9.17) is 0 Å². The van der Waals surface area contributed by atoms with Crippen LogP contribution >= 0.6 is 0 Å². The van der Waals surface area contributed by atoms with Crippen LogP contribution in [0.15, 0.2) is 55.1 Å². The van der Waals surface area contributed by atoms with E-state index in [2.05, 4.69) is 65.0 Å². The first-order valence-corrected chi connectivity index (χ1v) is 8.00. The SMILES string of the molecule is CC(C)n1ccnc1CN[C@H](C)c1cccc(-n2cccn2)c1. The lowest BCUT2D eigenvalue weighted by atomic mass is 10.1. The Morgan fingerprint density at radius 1 is 1.09 bits per heavy atom. The van der Waals surface area contributed by atoms with E-state index in [1.54, 1.807) is 6.20 Å². The summed E-state index contributed by atoms with van der Waals surface area (Å²) in [4.78, 5) is 4.45. The summed E-state index contributed by atoms with van der Waals surface area (Å²) >= 11 is 0. The van der Waals surface area contributed by atoms with Crippen molar-refractivity contribution in [2.75, 3.05) is 0 Å². The van der Waals surface area contributed by atoms with Gasteiger partial charge in [-0.05, 0) is 44.5 Å². The van der Waals surface area contributed by atoms with Gasteiger partial charge in [0.25, 0.3) is 0 Å². The van der Waals surface area contributed by atoms with E-state index < -0.39 is 0 Å². The molecule has 3 rings (SSSR count). The predicted molar refractivity (Wildman–Crippen MR) is 91.4 cm³/mol. The number of aromatic nitrogens is 4. The average molecular weight is 309 g/mol. The summed E-state index contributed by atoms with van der Waals surface area (Å²) in [6.45, 7) is 7.26. The van der Waals surface area contributed by atoms with Crippen LogP contribution in [0.5, 0.6) is 0 Å². The number of imidazole rings is 1. The Balaban J connectivity index is 1.70. The highest BCUT2D eigenvalue weighted by Gasteiger charge is 2.10. The molecule has 0 radical (unpaired) electrons. The number of nitrogens with one attached hydrogen (secondary N) is 1. The molecule has 0 aliphatic carbocycles. The molecule has 5 heteroatoms. The van der Waals surface area contributed by atoms with Gasteiger partial charge in [-0.1, -0.05) is 12.1 Å². The molecule has 5 nitrogen and oxygen atoms in total. The second-order valence-corrected chi connectivity index (χ2v) is 5.99. The van der Waals surface area contributed by atoms with E-state index in [-0.39, 0.29) is 6.04 Å². The van der Waals surface area contributed by atoms with Gasteiger partial charge in [0, 0.05) is 36.9 Å². The second kappa shape index (κ2) is 6.79. The smallest absolute Gasteiger partial charge is 0.122 e. The molecule has 0 saturated carbocycles. The Labute approximate surface area is 137 Å². The van der Waals surface area contributed by atoms with E-state index in [1.165, 1.54) is 5.56 Å². The lowest BCUT2D eigenvalue weighted by Gasteiger charge is -2.17. The third-order valence-corrected chi connectivity index (χ3v) is 4.01. The molecule has 120 valence electrons. The molecule has 0 spiro atoms. The molecule has 1 N–H and O–H groups in total. The van der Waals surface area contributed by atoms with Crippen molar-refractivity contribution in [2.24, 2.45) is 0 Å². The quantitative estimate of drug-likeness (QED) is 0.758. The van der Waals surface area contributed by atoms with Gasteiger partial charge in [-0.25, -0.2) is 9.67 Å². The maximum Gasteiger partial charge on any atom is 0.122 e. The number of hydrogen-bond donors (Lipinski definition) is 1. The summed E-state index contributed by atoms with van der Waals surface area (Å²) in [6.07, 6.45) is 7.64. The molecular formula is C18H23N5. The molecule has 0 bridgehead atoms. The predicted octanol–water partition coefficient (Wildman–Crippen LogP) is 3.50. The summed E-state index contributed by atoms with van der Waals surface area (Å²) in [5.41, 5.74) is 2.31. The molecule has 0 saturated heterocycles. The average Bonchev–Trinajstić information content (AvgIpc) is 3.24. The van der Waals surface area contributed by atoms with Gasteiger partial charge < -0.3 is 9.88 Å². The maximum absolute atomic E-state index is 4.45. The molecule has 3 aromatic rings. The van der Waals surface area contributed by atoms with Crippen molar-refractivity contribution in [2.45, 2.75) is 39.4 Å². The van der Waals surface area contributed by atoms with Crippen LogP contribution in [0.4, 0.5) is 0 Å². The minimum atomic E-state index is 0.239. The number of nitrogens with zero attached hydrogens (tertiary/aromatic N) is 4. The summed E-state index contributed by atoms with van der Waals surface area (Å²) in [6, 6.07) is 11.0. The van der Waals surface area contributed by atoms with Gasteiger partial charge in [0.15, 0.2) is 0 Å². The van der Waals surface area contributed by atoms with Gasteiger partial charge in [0.05, 0.1) is 12.2 Å². The molecule has 0 amide bonds. The third-order valence-electron chi connectivity index (χ3n) is 4.01. The Bertz CT molecular complexity index is 742. The van der Waals surface area contributed by atoms with Crippen molar-refractivity contribution >= 4 is 0 Å². The molecule has 2 aromatic heterocycles. The molecule has 1 atom stereocenters. The normalized spacial score (nSPS) is 12.7. The summed E-state index contributed by atoms with van der Waals surface area (Å²) in [7, 11) is 0. The Morgan fingerprint density at radius 2 is 1.96 bits per heavy atom. The van der Waals surface area contributed by atoms with Crippen LogP contribution in [0.25, 0.3) is 5.69 Å². The van der Waals surface area contributed by atoms with E-state index in [9.17, 15) is 0 Å².